The minimum atomic E-state index is -2.94. The Balaban J connectivity index is 0.00000289. The summed E-state index contributed by atoms with van der Waals surface area (Å²) >= 11 is 5.70. The maximum Gasteiger partial charge on any atom is 0.387 e. The Morgan fingerprint density at radius 1 is 1.50 bits per heavy atom. The van der Waals surface area contributed by atoms with Gasteiger partial charge in [0, 0.05) is 18.7 Å². The van der Waals surface area contributed by atoms with Gasteiger partial charge in [-0.2, -0.15) is 8.78 Å². The Bertz CT molecular complexity index is 405. The highest BCUT2D eigenvalue weighted by Crippen LogP contribution is 2.28. The van der Waals surface area contributed by atoms with Gasteiger partial charge in [-0.15, -0.1) is 12.4 Å². The van der Waals surface area contributed by atoms with Crippen LogP contribution in [0.5, 0.6) is 5.75 Å². The van der Waals surface area contributed by atoms with Crippen molar-refractivity contribution >= 4 is 35.6 Å². The van der Waals surface area contributed by atoms with Crippen molar-refractivity contribution in [1.82, 2.24) is 0 Å². The molecule has 0 unspecified atom stereocenters. The first kappa shape index (κ1) is 16.9. The van der Waals surface area contributed by atoms with E-state index in [1.54, 1.807) is 0 Å². The number of alkyl halides is 2. The van der Waals surface area contributed by atoms with Crippen LogP contribution in [0.15, 0.2) is 18.2 Å². The molecule has 4 nitrogen and oxygen atoms in total. The highest BCUT2D eigenvalue weighted by atomic mass is 35.5. The van der Waals surface area contributed by atoms with Gasteiger partial charge in [0.2, 0.25) is 5.91 Å². The molecule has 0 aliphatic rings. The van der Waals surface area contributed by atoms with Gasteiger partial charge in [0.1, 0.15) is 5.75 Å². The number of hydrogen-bond acceptors (Lipinski definition) is 3. The van der Waals surface area contributed by atoms with Crippen molar-refractivity contribution in [2.24, 2.45) is 5.73 Å². The molecule has 0 saturated heterocycles. The van der Waals surface area contributed by atoms with Gasteiger partial charge in [-0.1, -0.05) is 11.6 Å². The monoisotopic (exact) mass is 300 g/mol. The molecule has 0 aliphatic carbocycles. The molecule has 1 amide bonds. The molecule has 8 heteroatoms. The normalized spacial score (nSPS) is 9.83. The molecule has 0 heterocycles. The molecule has 0 spiro atoms. The number of hydrogen-bond donors (Lipinski definition) is 2. The van der Waals surface area contributed by atoms with Gasteiger partial charge < -0.3 is 15.8 Å². The zero-order chi connectivity index (χ0) is 12.8. The maximum atomic E-state index is 11.9. The van der Waals surface area contributed by atoms with Gasteiger partial charge in [0.25, 0.3) is 0 Å². The lowest BCUT2D eigenvalue weighted by Crippen LogP contribution is -2.16. The van der Waals surface area contributed by atoms with E-state index in [0.717, 1.165) is 0 Å². The number of carbonyl (C=O) groups is 1. The minimum absolute atomic E-state index is 0. The zero-order valence-corrected chi connectivity index (χ0v) is 10.7. The van der Waals surface area contributed by atoms with Crippen molar-refractivity contribution < 1.29 is 18.3 Å². The number of halogens is 4. The average molecular weight is 301 g/mol. The third-order valence-corrected chi connectivity index (χ3v) is 2.10. The molecule has 0 saturated carbocycles. The number of nitrogens with two attached hydrogens (primary N) is 1. The highest BCUT2D eigenvalue weighted by molar-refractivity contribution is 6.32. The largest absolute Gasteiger partial charge is 0.433 e. The fraction of sp³-hybridized carbons (Fsp3) is 0.300. The lowest BCUT2D eigenvalue weighted by Gasteiger charge is -2.09. The van der Waals surface area contributed by atoms with Crippen molar-refractivity contribution in [3.05, 3.63) is 23.2 Å². The third-order valence-electron chi connectivity index (χ3n) is 1.80. The van der Waals surface area contributed by atoms with E-state index in [9.17, 15) is 13.6 Å². The first-order valence-electron chi connectivity index (χ1n) is 4.77. The third kappa shape index (κ3) is 5.48. The fourth-order valence-electron chi connectivity index (χ4n) is 1.12. The van der Waals surface area contributed by atoms with Crippen LogP contribution in [0.4, 0.5) is 14.5 Å². The van der Waals surface area contributed by atoms with E-state index in [1.807, 2.05) is 0 Å². The highest BCUT2D eigenvalue weighted by Gasteiger charge is 2.09. The summed E-state index contributed by atoms with van der Waals surface area (Å²) in [4.78, 5) is 11.2. The molecule has 1 aromatic rings. The summed E-state index contributed by atoms with van der Waals surface area (Å²) in [6.07, 6.45) is 0.174. The molecular formula is C10H12Cl2F2N2O2. The number of carbonyl (C=O) groups excluding carboxylic acids is 1. The molecule has 1 aromatic carbocycles. The Morgan fingerprint density at radius 2 is 2.17 bits per heavy atom. The standard InChI is InChI=1S/C10H11ClF2N2O2.ClH/c11-7-5-6(15-9(16)3-4-14)1-2-8(7)17-10(12)13;/h1-2,5,10H,3-4,14H2,(H,15,16);1H. The second-order valence-corrected chi connectivity index (χ2v) is 3.52. The average Bonchev–Trinajstić information content (AvgIpc) is 2.22. The van der Waals surface area contributed by atoms with E-state index in [1.165, 1.54) is 18.2 Å². The van der Waals surface area contributed by atoms with Crippen LogP contribution in [0.2, 0.25) is 5.02 Å². The molecule has 0 atom stereocenters. The van der Waals surface area contributed by atoms with Crippen LogP contribution in [0.25, 0.3) is 0 Å². The van der Waals surface area contributed by atoms with Crippen molar-refractivity contribution in [2.45, 2.75) is 13.0 Å². The lowest BCUT2D eigenvalue weighted by atomic mass is 10.3. The maximum absolute atomic E-state index is 11.9. The van der Waals surface area contributed by atoms with Crippen molar-refractivity contribution in [3.63, 3.8) is 0 Å². The van der Waals surface area contributed by atoms with Crippen LogP contribution < -0.4 is 15.8 Å². The number of nitrogens with one attached hydrogen (secondary N) is 1. The molecule has 1 rings (SSSR count). The molecular weight excluding hydrogens is 289 g/mol. The first-order valence-corrected chi connectivity index (χ1v) is 5.15. The molecule has 3 N–H and O–H groups in total. The summed E-state index contributed by atoms with van der Waals surface area (Å²) < 4.78 is 28.0. The first-order chi connectivity index (χ1) is 8.02. The smallest absolute Gasteiger partial charge is 0.387 e. The van der Waals surface area contributed by atoms with E-state index in [4.69, 9.17) is 17.3 Å². The molecule has 0 aromatic heterocycles. The predicted octanol–water partition coefficient (Wildman–Crippen LogP) is 2.65. The summed E-state index contributed by atoms with van der Waals surface area (Å²) in [5, 5.41) is 2.51. The quantitative estimate of drug-likeness (QED) is 0.878. The summed E-state index contributed by atoms with van der Waals surface area (Å²) in [5.41, 5.74) is 5.60. The molecule has 0 fully saturated rings. The lowest BCUT2D eigenvalue weighted by molar-refractivity contribution is -0.116. The molecule has 0 aliphatic heterocycles. The Labute approximate surface area is 114 Å². The number of anilines is 1. The van der Waals surface area contributed by atoms with Gasteiger partial charge in [-0.05, 0) is 18.2 Å². The van der Waals surface area contributed by atoms with Gasteiger partial charge in [-0.25, -0.2) is 0 Å². The molecule has 0 radical (unpaired) electrons. The van der Waals surface area contributed by atoms with E-state index in [2.05, 4.69) is 10.1 Å². The van der Waals surface area contributed by atoms with Gasteiger partial charge >= 0.3 is 6.61 Å². The van der Waals surface area contributed by atoms with E-state index in [-0.39, 0.29) is 42.1 Å². The van der Waals surface area contributed by atoms with Crippen LogP contribution in [0.3, 0.4) is 0 Å². The van der Waals surface area contributed by atoms with Crippen LogP contribution >= 0.6 is 24.0 Å². The van der Waals surface area contributed by atoms with E-state index >= 15 is 0 Å². The van der Waals surface area contributed by atoms with Crippen molar-refractivity contribution in [3.8, 4) is 5.75 Å². The predicted molar refractivity (Wildman–Crippen MR) is 67.6 cm³/mol. The summed E-state index contributed by atoms with van der Waals surface area (Å²) in [6.45, 7) is -2.71. The van der Waals surface area contributed by atoms with Gasteiger partial charge in [0.05, 0.1) is 5.02 Å². The van der Waals surface area contributed by atoms with Gasteiger partial charge in [-0.3, -0.25) is 4.79 Å². The SMILES string of the molecule is Cl.NCCC(=O)Nc1ccc(OC(F)F)c(Cl)c1. The van der Waals surface area contributed by atoms with Crippen molar-refractivity contribution in [1.29, 1.82) is 0 Å². The fourth-order valence-corrected chi connectivity index (χ4v) is 1.35. The Morgan fingerprint density at radius 3 is 2.67 bits per heavy atom. The second-order valence-electron chi connectivity index (χ2n) is 3.11. The zero-order valence-electron chi connectivity index (χ0n) is 9.16. The van der Waals surface area contributed by atoms with Crippen LogP contribution in [0.1, 0.15) is 6.42 Å². The Hall–Kier alpha value is -1.11. The number of amides is 1. The number of benzene rings is 1. The van der Waals surface area contributed by atoms with Crippen LogP contribution in [0, 0.1) is 0 Å². The Kier molecular flexibility index (Phi) is 7.58. The summed E-state index contributed by atoms with van der Waals surface area (Å²) in [7, 11) is 0. The summed E-state index contributed by atoms with van der Waals surface area (Å²) in [6, 6.07) is 4.00. The minimum Gasteiger partial charge on any atom is -0.433 e. The number of rotatable bonds is 5. The topological polar surface area (TPSA) is 64.4 Å². The van der Waals surface area contributed by atoms with Gasteiger partial charge in [0.15, 0.2) is 0 Å². The molecule has 102 valence electrons. The van der Waals surface area contributed by atoms with Crippen LogP contribution in [-0.2, 0) is 4.79 Å². The summed E-state index contributed by atoms with van der Waals surface area (Å²) in [5.74, 6) is -0.412. The van der Waals surface area contributed by atoms with E-state index < -0.39 is 6.61 Å². The number of ether oxygens (including phenoxy) is 1. The molecule has 18 heavy (non-hydrogen) atoms. The molecule has 0 bridgehead atoms. The van der Waals surface area contributed by atoms with Crippen molar-refractivity contribution in [2.75, 3.05) is 11.9 Å². The van der Waals surface area contributed by atoms with E-state index in [0.29, 0.717) is 5.69 Å². The van der Waals surface area contributed by atoms with Crippen LogP contribution in [-0.4, -0.2) is 19.1 Å². The second kappa shape index (κ2) is 8.07.